The fourth-order valence-corrected chi connectivity index (χ4v) is 3.70. The Kier molecular flexibility index (Phi) is 4.54. The number of hydrogen-bond acceptors (Lipinski definition) is 2. The molecule has 0 bridgehead atoms. The normalized spacial score (nSPS) is 13.9. The second kappa shape index (κ2) is 7.15. The van der Waals surface area contributed by atoms with Gasteiger partial charge in [0.15, 0.2) is 0 Å². The summed E-state index contributed by atoms with van der Waals surface area (Å²) in [5.74, 6) is -1.07. The van der Waals surface area contributed by atoms with Crippen LogP contribution in [-0.2, 0) is 24.1 Å². The number of urea groups is 1. The van der Waals surface area contributed by atoms with Crippen molar-refractivity contribution in [1.29, 1.82) is 0 Å². The lowest BCUT2D eigenvalue weighted by Gasteiger charge is -2.15. The predicted molar refractivity (Wildman–Crippen MR) is 104 cm³/mol. The fraction of sp³-hybridized carbons (Fsp3) is 0.238. The van der Waals surface area contributed by atoms with Crippen LogP contribution in [0.1, 0.15) is 23.1 Å². The van der Waals surface area contributed by atoms with Crippen molar-refractivity contribution in [3.63, 3.8) is 0 Å². The largest absolute Gasteiger partial charge is 0.480 e. The average Bonchev–Trinajstić information content (AvgIpc) is 3.27. The molecule has 4 N–H and O–H groups in total. The molecule has 2 aromatic carbocycles. The van der Waals surface area contributed by atoms with E-state index in [-0.39, 0.29) is 6.42 Å². The number of aromatic nitrogens is 1. The minimum absolute atomic E-state index is 0.205. The van der Waals surface area contributed by atoms with E-state index in [0.29, 0.717) is 5.69 Å². The van der Waals surface area contributed by atoms with Crippen molar-refractivity contribution in [2.45, 2.75) is 31.7 Å². The van der Waals surface area contributed by atoms with E-state index < -0.39 is 18.0 Å². The maximum absolute atomic E-state index is 12.3. The molecule has 27 heavy (non-hydrogen) atoms. The zero-order valence-electron chi connectivity index (χ0n) is 14.8. The molecule has 1 aliphatic rings. The molecule has 3 aromatic rings. The summed E-state index contributed by atoms with van der Waals surface area (Å²) in [5, 5.41) is 15.8. The van der Waals surface area contributed by atoms with Gasteiger partial charge in [0.05, 0.1) is 0 Å². The smallest absolute Gasteiger partial charge is 0.326 e. The molecule has 1 unspecified atom stereocenters. The van der Waals surface area contributed by atoms with Gasteiger partial charge in [-0.05, 0) is 54.2 Å². The van der Waals surface area contributed by atoms with Crippen LogP contribution in [0.3, 0.4) is 0 Å². The topological polar surface area (TPSA) is 94.2 Å². The van der Waals surface area contributed by atoms with Crippen molar-refractivity contribution in [3.05, 3.63) is 65.4 Å². The van der Waals surface area contributed by atoms with Gasteiger partial charge in [-0.3, -0.25) is 0 Å². The predicted octanol–water partition coefficient (Wildman–Crippen LogP) is 3.47. The molecule has 4 rings (SSSR count). The first-order valence-electron chi connectivity index (χ1n) is 9.07. The van der Waals surface area contributed by atoms with Crippen molar-refractivity contribution in [2.24, 2.45) is 0 Å². The number of hydrogen-bond donors (Lipinski definition) is 4. The van der Waals surface area contributed by atoms with Crippen LogP contribution in [-0.4, -0.2) is 28.1 Å². The molecular formula is C21H21N3O3. The number of aromatic amines is 1. The van der Waals surface area contributed by atoms with E-state index in [1.807, 2.05) is 42.5 Å². The molecule has 0 saturated carbocycles. The second-order valence-corrected chi connectivity index (χ2v) is 6.89. The molecule has 0 radical (unpaired) electrons. The number of fused-ring (bicyclic) bond motifs is 2. The van der Waals surface area contributed by atoms with E-state index in [0.717, 1.165) is 35.7 Å². The highest BCUT2D eigenvalue weighted by atomic mass is 16.4. The van der Waals surface area contributed by atoms with Crippen LogP contribution in [0.5, 0.6) is 0 Å². The van der Waals surface area contributed by atoms with E-state index in [9.17, 15) is 14.7 Å². The summed E-state index contributed by atoms with van der Waals surface area (Å²) in [7, 11) is 0. The SMILES string of the molecule is O=C(Nc1ccc2c(c1)CCC2)NC(Cc1c[nH]c2ccccc12)C(=O)O. The number of aliphatic carboxylic acids is 1. The van der Waals surface area contributed by atoms with Gasteiger partial charge in [0.2, 0.25) is 0 Å². The van der Waals surface area contributed by atoms with Crippen molar-refractivity contribution in [1.82, 2.24) is 10.3 Å². The average molecular weight is 363 g/mol. The summed E-state index contributed by atoms with van der Waals surface area (Å²) in [6, 6.07) is 12.0. The molecule has 0 aliphatic heterocycles. The fourth-order valence-electron chi connectivity index (χ4n) is 3.70. The van der Waals surface area contributed by atoms with Crippen LogP contribution >= 0.6 is 0 Å². The molecule has 1 heterocycles. The molecule has 6 nitrogen and oxygen atoms in total. The molecule has 0 spiro atoms. The van der Waals surface area contributed by atoms with Crippen LogP contribution in [0.25, 0.3) is 10.9 Å². The van der Waals surface area contributed by atoms with E-state index in [1.54, 1.807) is 6.20 Å². The monoisotopic (exact) mass is 363 g/mol. The number of carboxylic acids is 1. The Bertz CT molecular complexity index is 1010. The summed E-state index contributed by atoms with van der Waals surface area (Å²) in [6.07, 6.45) is 5.23. The highest BCUT2D eigenvalue weighted by Crippen LogP contribution is 2.25. The Balaban J connectivity index is 1.45. The summed E-state index contributed by atoms with van der Waals surface area (Å²) in [5.41, 5.74) is 5.06. The number of rotatable bonds is 5. The zero-order valence-corrected chi connectivity index (χ0v) is 14.8. The molecule has 1 atom stereocenters. The van der Waals surface area contributed by atoms with Gasteiger partial charge in [-0.15, -0.1) is 0 Å². The van der Waals surface area contributed by atoms with Crippen LogP contribution < -0.4 is 10.6 Å². The third kappa shape index (κ3) is 3.65. The Labute approximate surface area is 156 Å². The first-order chi connectivity index (χ1) is 13.1. The van der Waals surface area contributed by atoms with Crippen LogP contribution in [0, 0.1) is 0 Å². The van der Waals surface area contributed by atoms with Gasteiger partial charge < -0.3 is 20.7 Å². The van der Waals surface area contributed by atoms with Crippen LogP contribution in [0.15, 0.2) is 48.7 Å². The van der Waals surface area contributed by atoms with E-state index >= 15 is 0 Å². The lowest BCUT2D eigenvalue weighted by molar-refractivity contribution is -0.139. The third-order valence-corrected chi connectivity index (χ3v) is 5.06. The highest BCUT2D eigenvalue weighted by Gasteiger charge is 2.22. The summed E-state index contributed by atoms with van der Waals surface area (Å²) < 4.78 is 0. The van der Waals surface area contributed by atoms with Crippen molar-refractivity contribution in [3.8, 4) is 0 Å². The van der Waals surface area contributed by atoms with E-state index in [4.69, 9.17) is 0 Å². The molecule has 138 valence electrons. The number of para-hydroxylation sites is 1. The Morgan fingerprint density at radius 2 is 1.93 bits per heavy atom. The number of anilines is 1. The van der Waals surface area contributed by atoms with Crippen LogP contribution in [0.4, 0.5) is 10.5 Å². The maximum Gasteiger partial charge on any atom is 0.326 e. The number of carbonyl (C=O) groups excluding carboxylic acids is 1. The van der Waals surface area contributed by atoms with Gasteiger partial charge >= 0.3 is 12.0 Å². The molecule has 6 heteroatoms. The maximum atomic E-state index is 12.3. The summed E-state index contributed by atoms with van der Waals surface area (Å²) in [6.45, 7) is 0. The number of aryl methyl sites for hydroxylation is 2. The number of benzene rings is 2. The van der Waals surface area contributed by atoms with Gasteiger partial charge in [-0.1, -0.05) is 24.3 Å². The van der Waals surface area contributed by atoms with Gasteiger partial charge in [0.25, 0.3) is 0 Å². The quantitative estimate of drug-likeness (QED) is 0.559. The third-order valence-electron chi connectivity index (χ3n) is 5.06. The lowest BCUT2D eigenvalue weighted by Crippen LogP contribution is -2.44. The summed E-state index contributed by atoms with van der Waals surface area (Å²) in [4.78, 5) is 27.1. The minimum atomic E-state index is -1.07. The van der Waals surface area contributed by atoms with Crippen molar-refractivity contribution >= 4 is 28.6 Å². The number of carbonyl (C=O) groups is 2. The second-order valence-electron chi connectivity index (χ2n) is 6.89. The van der Waals surface area contributed by atoms with Crippen molar-refractivity contribution < 1.29 is 14.7 Å². The minimum Gasteiger partial charge on any atom is -0.480 e. The van der Waals surface area contributed by atoms with Crippen LogP contribution in [0.2, 0.25) is 0 Å². The molecule has 0 saturated heterocycles. The highest BCUT2D eigenvalue weighted by molar-refractivity contribution is 5.93. The molecule has 1 aliphatic carbocycles. The first-order valence-corrected chi connectivity index (χ1v) is 9.07. The molecule has 1 aromatic heterocycles. The van der Waals surface area contributed by atoms with E-state index in [1.165, 1.54) is 11.1 Å². The standard InChI is InChI=1S/C21H21N3O3/c25-20(26)19(11-15-12-22-18-7-2-1-6-17(15)18)24-21(27)23-16-9-8-13-4-3-5-14(13)10-16/h1-2,6-10,12,19,22H,3-5,11H2,(H,25,26)(H2,23,24,27). The number of H-pyrrole nitrogens is 1. The van der Waals surface area contributed by atoms with E-state index in [2.05, 4.69) is 15.6 Å². The molecule has 0 fully saturated rings. The number of nitrogens with one attached hydrogen (secondary N) is 3. The number of amides is 2. The zero-order chi connectivity index (χ0) is 18.8. The van der Waals surface area contributed by atoms with Gasteiger partial charge in [-0.2, -0.15) is 0 Å². The molecule has 2 amide bonds. The van der Waals surface area contributed by atoms with Gasteiger partial charge in [-0.25, -0.2) is 9.59 Å². The summed E-state index contributed by atoms with van der Waals surface area (Å²) >= 11 is 0. The van der Waals surface area contributed by atoms with Gasteiger partial charge in [0.1, 0.15) is 6.04 Å². The van der Waals surface area contributed by atoms with Gasteiger partial charge in [0, 0.05) is 29.2 Å². The van der Waals surface area contributed by atoms with Crippen molar-refractivity contribution in [2.75, 3.05) is 5.32 Å². The Morgan fingerprint density at radius 1 is 1.11 bits per heavy atom. The Hall–Kier alpha value is -3.28. The first kappa shape index (κ1) is 17.1. The Morgan fingerprint density at radius 3 is 2.78 bits per heavy atom. The molecular weight excluding hydrogens is 342 g/mol. The number of carboxylic acid groups (broad SMARTS) is 1. The lowest BCUT2D eigenvalue weighted by atomic mass is 10.1.